The Hall–Kier alpha value is -1.27. The molecule has 2 aromatic rings. The third-order valence-electron chi connectivity index (χ3n) is 5.49. The lowest BCUT2D eigenvalue weighted by Crippen LogP contribution is -2.33. The lowest BCUT2D eigenvalue weighted by atomic mass is 9.83. The summed E-state index contributed by atoms with van der Waals surface area (Å²) in [5, 5.41) is 4.39. The Morgan fingerprint density at radius 3 is 2.60 bits per heavy atom. The van der Waals surface area contributed by atoms with Gasteiger partial charge >= 0.3 is 0 Å². The molecule has 1 aliphatic heterocycles. The highest BCUT2D eigenvalue weighted by molar-refractivity contribution is 7.91. The molecular formula is C23H31Cl2NO3S. The molecule has 0 saturated carbocycles. The maximum absolute atomic E-state index is 11.8. The molecule has 2 unspecified atom stereocenters. The van der Waals surface area contributed by atoms with Crippen LogP contribution in [0.25, 0.3) is 0 Å². The minimum Gasteiger partial charge on any atom is -0.494 e. The number of sulfone groups is 1. The van der Waals surface area contributed by atoms with E-state index in [-0.39, 0.29) is 30.0 Å². The van der Waals surface area contributed by atoms with E-state index in [9.17, 15) is 8.42 Å². The molecule has 7 heteroatoms. The molecule has 2 aromatic carbocycles. The fourth-order valence-electron chi connectivity index (χ4n) is 3.94. The van der Waals surface area contributed by atoms with Crippen molar-refractivity contribution in [2.75, 3.05) is 24.7 Å². The number of hydrogen-bond acceptors (Lipinski definition) is 4. The Morgan fingerprint density at radius 1 is 1.17 bits per heavy atom. The SMILES string of the molecule is CCCS(=O)(=O)CCCOc1ccc2c(c1)C(C(C)c1ccc(Cl)cc1)NCC2.Cl. The fourth-order valence-corrected chi connectivity index (χ4v) is 5.45. The Morgan fingerprint density at radius 2 is 1.90 bits per heavy atom. The minimum atomic E-state index is -2.95. The molecule has 3 rings (SSSR count). The van der Waals surface area contributed by atoms with Gasteiger partial charge in [-0.15, -0.1) is 12.4 Å². The van der Waals surface area contributed by atoms with E-state index in [0.717, 1.165) is 23.7 Å². The lowest BCUT2D eigenvalue weighted by Gasteiger charge is -2.32. The van der Waals surface area contributed by atoms with Gasteiger partial charge in [-0.25, -0.2) is 8.42 Å². The number of ether oxygens (including phenoxy) is 1. The minimum absolute atomic E-state index is 0. The molecule has 4 nitrogen and oxygen atoms in total. The molecule has 0 bridgehead atoms. The van der Waals surface area contributed by atoms with Crippen molar-refractivity contribution in [1.29, 1.82) is 0 Å². The summed E-state index contributed by atoms with van der Waals surface area (Å²) in [5.41, 5.74) is 3.84. The first-order valence-electron chi connectivity index (χ1n) is 10.3. The monoisotopic (exact) mass is 471 g/mol. The number of fused-ring (bicyclic) bond motifs is 1. The van der Waals surface area contributed by atoms with Gasteiger partial charge < -0.3 is 10.1 Å². The van der Waals surface area contributed by atoms with Crippen LogP contribution in [0, 0.1) is 0 Å². The summed E-state index contributed by atoms with van der Waals surface area (Å²) in [7, 11) is -2.95. The summed E-state index contributed by atoms with van der Waals surface area (Å²) in [4.78, 5) is 0. The molecule has 0 aromatic heterocycles. The normalized spacial score (nSPS) is 17.0. The van der Waals surface area contributed by atoms with Crippen LogP contribution in [0.15, 0.2) is 42.5 Å². The van der Waals surface area contributed by atoms with Crippen LogP contribution in [0.1, 0.15) is 55.3 Å². The number of halogens is 2. The maximum Gasteiger partial charge on any atom is 0.150 e. The molecule has 2 atom stereocenters. The molecule has 1 aliphatic rings. The van der Waals surface area contributed by atoms with Gasteiger partial charge in [-0.05, 0) is 66.8 Å². The van der Waals surface area contributed by atoms with E-state index in [1.165, 1.54) is 16.7 Å². The van der Waals surface area contributed by atoms with Crippen LogP contribution in [-0.2, 0) is 16.3 Å². The van der Waals surface area contributed by atoms with Crippen molar-refractivity contribution in [3.05, 3.63) is 64.2 Å². The summed E-state index contributed by atoms with van der Waals surface area (Å²) < 4.78 is 29.6. The summed E-state index contributed by atoms with van der Waals surface area (Å²) in [6.45, 7) is 5.47. The van der Waals surface area contributed by atoms with Gasteiger partial charge in [0.15, 0.2) is 0 Å². The smallest absolute Gasteiger partial charge is 0.150 e. The first-order valence-corrected chi connectivity index (χ1v) is 12.5. The van der Waals surface area contributed by atoms with Crippen LogP contribution in [0.4, 0.5) is 0 Å². The van der Waals surface area contributed by atoms with Crippen LogP contribution in [0.2, 0.25) is 5.02 Å². The van der Waals surface area contributed by atoms with Crippen molar-refractivity contribution in [2.45, 2.75) is 45.1 Å². The first-order chi connectivity index (χ1) is 13.9. The molecule has 0 radical (unpaired) electrons. The quantitative estimate of drug-likeness (QED) is 0.500. The zero-order valence-electron chi connectivity index (χ0n) is 17.6. The number of benzene rings is 2. The third kappa shape index (κ3) is 6.61. The summed E-state index contributed by atoms with van der Waals surface area (Å²) >= 11 is 6.04. The lowest BCUT2D eigenvalue weighted by molar-refractivity contribution is 0.316. The van der Waals surface area contributed by atoms with Gasteiger partial charge in [-0.1, -0.05) is 43.6 Å². The van der Waals surface area contributed by atoms with Gasteiger partial charge in [0.2, 0.25) is 0 Å². The predicted molar refractivity (Wildman–Crippen MR) is 127 cm³/mol. The summed E-state index contributed by atoms with van der Waals surface area (Å²) in [6.07, 6.45) is 2.17. The first kappa shape index (κ1) is 25.0. The van der Waals surface area contributed by atoms with E-state index in [4.69, 9.17) is 16.3 Å². The highest BCUT2D eigenvalue weighted by Gasteiger charge is 2.26. The van der Waals surface area contributed by atoms with E-state index < -0.39 is 9.84 Å². The number of rotatable bonds is 9. The Bertz CT molecular complexity index is 917. The standard InChI is InChI=1S/C23H30ClNO3S.ClH/c1-3-14-29(26,27)15-4-13-28-21-10-7-19-11-12-25-23(22(19)16-21)17(2)18-5-8-20(24)9-6-18;/h5-10,16-17,23,25H,3-4,11-15H2,1-2H3;1H. The van der Waals surface area contributed by atoms with Crippen molar-refractivity contribution in [2.24, 2.45) is 0 Å². The average molecular weight is 472 g/mol. The molecule has 1 heterocycles. The molecule has 1 N–H and O–H groups in total. The Labute approximate surface area is 191 Å². The van der Waals surface area contributed by atoms with Crippen LogP contribution in [-0.4, -0.2) is 33.1 Å². The van der Waals surface area contributed by atoms with Crippen molar-refractivity contribution in [1.82, 2.24) is 5.32 Å². The van der Waals surface area contributed by atoms with Gasteiger partial charge in [0.1, 0.15) is 15.6 Å². The molecule has 30 heavy (non-hydrogen) atoms. The van der Waals surface area contributed by atoms with Crippen molar-refractivity contribution in [3.63, 3.8) is 0 Å². The second-order valence-corrected chi connectivity index (χ2v) is 10.5. The van der Waals surface area contributed by atoms with Gasteiger partial charge in [-0.3, -0.25) is 0 Å². The molecule has 0 aliphatic carbocycles. The summed E-state index contributed by atoms with van der Waals surface area (Å²) in [5.74, 6) is 1.53. The van der Waals surface area contributed by atoms with Crippen molar-refractivity contribution < 1.29 is 13.2 Å². The van der Waals surface area contributed by atoms with E-state index in [1.54, 1.807) is 0 Å². The molecule has 0 spiro atoms. The van der Waals surface area contributed by atoms with Crippen LogP contribution in [0.5, 0.6) is 5.75 Å². The highest BCUT2D eigenvalue weighted by atomic mass is 35.5. The second kappa shape index (κ2) is 11.4. The Kier molecular flexibility index (Phi) is 9.48. The molecule has 0 saturated heterocycles. The largest absolute Gasteiger partial charge is 0.494 e. The summed E-state index contributed by atoms with van der Waals surface area (Å²) in [6, 6.07) is 14.5. The number of hydrogen-bond donors (Lipinski definition) is 1. The van der Waals surface area contributed by atoms with Crippen molar-refractivity contribution >= 4 is 33.8 Å². The van der Waals surface area contributed by atoms with E-state index in [2.05, 4.69) is 36.5 Å². The maximum atomic E-state index is 11.8. The molecular weight excluding hydrogens is 441 g/mol. The zero-order valence-corrected chi connectivity index (χ0v) is 20.0. The average Bonchev–Trinajstić information content (AvgIpc) is 2.71. The van der Waals surface area contributed by atoms with Gasteiger partial charge in [0, 0.05) is 22.7 Å². The molecule has 0 amide bonds. The predicted octanol–water partition coefficient (Wildman–Crippen LogP) is 5.35. The molecule has 166 valence electrons. The fraction of sp³-hybridized carbons (Fsp3) is 0.478. The molecule has 0 fully saturated rings. The van der Waals surface area contributed by atoms with E-state index in [0.29, 0.717) is 25.4 Å². The number of nitrogens with one attached hydrogen (secondary N) is 1. The third-order valence-corrected chi connectivity index (χ3v) is 7.68. The van der Waals surface area contributed by atoms with E-state index in [1.807, 2.05) is 25.1 Å². The highest BCUT2D eigenvalue weighted by Crippen LogP contribution is 2.36. The second-order valence-electron chi connectivity index (χ2n) is 7.74. The van der Waals surface area contributed by atoms with Crippen LogP contribution >= 0.6 is 24.0 Å². The van der Waals surface area contributed by atoms with Gasteiger partial charge in [0.05, 0.1) is 12.4 Å². The van der Waals surface area contributed by atoms with Gasteiger partial charge in [-0.2, -0.15) is 0 Å². The van der Waals surface area contributed by atoms with Gasteiger partial charge in [0.25, 0.3) is 0 Å². The van der Waals surface area contributed by atoms with Crippen LogP contribution < -0.4 is 10.1 Å². The zero-order chi connectivity index (χ0) is 20.9. The van der Waals surface area contributed by atoms with Crippen LogP contribution in [0.3, 0.4) is 0 Å². The Balaban J connectivity index is 0.00000320. The topological polar surface area (TPSA) is 55.4 Å². The van der Waals surface area contributed by atoms with E-state index >= 15 is 0 Å². The van der Waals surface area contributed by atoms with Crippen molar-refractivity contribution in [3.8, 4) is 5.75 Å².